The number of carbonyl (C=O) groups is 1. The lowest BCUT2D eigenvalue weighted by molar-refractivity contribution is -0.118. The Morgan fingerprint density at radius 2 is 1.79 bits per heavy atom. The molecular formula is C28H47O4P. The maximum atomic E-state index is 12.3. The summed E-state index contributed by atoms with van der Waals surface area (Å²) in [5, 5.41) is 0. The molecule has 0 aliphatic heterocycles. The third-order valence-corrected chi connectivity index (χ3v) is 11.9. The minimum atomic E-state index is -4.64. The quantitative estimate of drug-likeness (QED) is 0.296. The summed E-state index contributed by atoms with van der Waals surface area (Å²) >= 11 is 0. The Kier molecular flexibility index (Phi) is 7.16. The van der Waals surface area contributed by atoms with Crippen LogP contribution in [0.2, 0.25) is 0 Å². The lowest BCUT2D eigenvalue weighted by atomic mass is 9.46. The molecule has 3 saturated carbocycles. The molecule has 0 aromatic heterocycles. The fourth-order valence-electron chi connectivity index (χ4n) is 9.13. The van der Waals surface area contributed by atoms with E-state index in [0.717, 1.165) is 42.4 Å². The van der Waals surface area contributed by atoms with Crippen molar-refractivity contribution < 1.29 is 19.1 Å². The predicted octanol–water partition coefficient (Wildman–Crippen LogP) is 7.35. The monoisotopic (exact) mass is 478 g/mol. The Labute approximate surface area is 201 Å². The molecule has 0 amide bonds. The van der Waals surface area contributed by atoms with E-state index in [9.17, 15) is 19.1 Å². The smallest absolute Gasteiger partial charge is 0.319 e. The van der Waals surface area contributed by atoms with Gasteiger partial charge in [-0.05, 0) is 97.7 Å². The third-order valence-electron chi connectivity index (χ3n) is 10.9. The highest BCUT2D eigenvalue weighted by Gasteiger charge is 2.59. The predicted molar refractivity (Wildman–Crippen MR) is 134 cm³/mol. The van der Waals surface area contributed by atoms with Gasteiger partial charge in [0.2, 0.25) is 5.52 Å². The van der Waals surface area contributed by atoms with Gasteiger partial charge in [0, 0.05) is 5.92 Å². The molecule has 0 aromatic carbocycles. The van der Waals surface area contributed by atoms with Crippen LogP contribution in [-0.2, 0) is 9.36 Å². The topological polar surface area (TPSA) is 74.6 Å². The molecule has 0 spiro atoms. The molecule has 33 heavy (non-hydrogen) atoms. The van der Waals surface area contributed by atoms with E-state index in [1.54, 1.807) is 0 Å². The normalized spacial score (nSPS) is 41.7. The van der Waals surface area contributed by atoms with E-state index >= 15 is 0 Å². The SMILES string of the molecule is CC(C)CCC[C@@H](C)[C@H]1CCC2C3CC=C4C[C@@H](C(=O)P(=O)(O)O)CC[C@]4(C)C3CC[C@@]21C. The molecule has 0 bridgehead atoms. The third kappa shape index (κ3) is 4.58. The van der Waals surface area contributed by atoms with Crippen LogP contribution in [0.15, 0.2) is 11.6 Å². The van der Waals surface area contributed by atoms with Crippen LogP contribution < -0.4 is 0 Å². The van der Waals surface area contributed by atoms with E-state index in [4.69, 9.17) is 0 Å². The summed E-state index contributed by atoms with van der Waals surface area (Å²) in [6, 6.07) is 0. The van der Waals surface area contributed by atoms with Crippen LogP contribution in [0.5, 0.6) is 0 Å². The second-order valence-electron chi connectivity index (χ2n) is 13.1. The Balaban J connectivity index is 1.48. The molecule has 0 heterocycles. The van der Waals surface area contributed by atoms with Crippen LogP contribution >= 0.6 is 7.60 Å². The largest absolute Gasteiger partial charge is 0.391 e. The second kappa shape index (κ2) is 9.21. The highest BCUT2D eigenvalue weighted by molar-refractivity contribution is 7.70. The lowest BCUT2D eigenvalue weighted by Crippen LogP contribution is -2.50. The molecule has 4 aliphatic rings. The van der Waals surface area contributed by atoms with Gasteiger partial charge >= 0.3 is 7.60 Å². The summed E-state index contributed by atoms with van der Waals surface area (Å²) < 4.78 is 11.6. The zero-order valence-corrected chi connectivity index (χ0v) is 22.4. The molecule has 0 saturated heterocycles. The Morgan fingerprint density at radius 1 is 1.06 bits per heavy atom. The minimum absolute atomic E-state index is 0.108. The average Bonchev–Trinajstić information content (AvgIpc) is 3.09. The van der Waals surface area contributed by atoms with E-state index in [1.807, 2.05) is 0 Å². The van der Waals surface area contributed by atoms with E-state index in [2.05, 4.69) is 40.7 Å². The summed E-state index contributed by atoms with van der Waals surface area (Å²) in [6.45, 7) is 12.2. The first-order chi connectivity index (χ1) is 15.4. The minimum Gasteiger partial charge on any atom is -0.319 e. The van der Waals surface area contributed by atoms with Crippen molar-refractivity contribution in [1.29, 1.82) is 0 Å². The summed E-state index contributed by atoms with van der Waals surface area (Å²) in [6.07, 6.45) is 15.0. The van der Waals surface area contributed by atoms with Gasteiger partial charge in [0.1, 0.15) is 0 Å². The van der Waals surface area contributed by atoms with Crippen molar-refractivity contribution in [3.05, 3.63) is 11.6 Å². The van der Waals surface area contributed by atoms with Crippen molar-refractivity contribution in [2.24, 2.45) is 52.3 Å². The Hall–Kier alpha value is -0.440. The zero-order chi connectivity index (χ0) is 24.2. The van der Waals surface area contributed by atoms with Crippen molar-refractivity contribution in [3.63, 3.8) is 0 Å². The number of hydrogen-bond acceptors (Lipinski definition) is 2. The summed E-state index contributed by atoms with van der Waals surface area (Å²) in [5.41, 5.74) is 1.06. The average molecular weight is 479 g/mol. The first-order valence-electron chi connectivity index (χ1n) is 13.7. The van der Waals surface area contributed by atoms with Gasteiger partial charge in [0.25, 0.3) is 0 Å². The van der Waals surface area contributed by atoms with Gasteiger partial charge in [-0.25, -0.2) is 0 Å². The van der Waals surface area contributed by atoms with E-state index in [-0.39, 0.29) is 5.41 Å². The van der Waals surface area contributed by atoms with Crippen molar-refractivity contribution in [2.75, 3.05) is 0 Å². The molecule has 0 radical (unpaired) electrons. The molecule has 8 atom stereocenters. The van der Waals surface area contributed by atoms with Crippen LogP contribution in [0, 0.1) is 52.3 Å². The van der Waals surface area contributed by atoms with Gasteiger partial charge < -0.3 is 9.79 Å². The maximum Gasteiger partial charge on any atom is 0.391 e. The van der Waals surface area contributed by atoms with Gasteiger partial charge in [0.05, 0.1) is 0 Å². The maximum absolute atomic E-state index is 12.3. The highest BCUT2D eigenvalue weighted by atomic mass is 31.2. The van der Waals surface area contributed by atoms with Gasteiger partial charge in [-0.1, -0.05) is 65.5 Å². The number of fused-ring (bicyclic) bond motifs is 5. The molecule has 4 aliphatic carbocycles. The molecule has 188 valence electrons. The van der Waals surface area contributed by atoms with Gasteiger partial charge in [0.15, 0.2) is 0 Å². The molecule has 4 nitrogen and oxygen atoms in total. The van der Waals surface area contributed by atoms with Crippen LogP contribution in [0.3, 0.4) is 0 Å². The first-order valence-corrected chi connectivity index (χ1v) is 15.3. The zero-order valence-electron chi connectivity index (χ0n) is 21.6. The molecule has 5 heteroatoms. The van der Waals surface area contributed by atoms with Crippen molar-refractivity contribution in [1.82, 2.24) is 0 Å². The summed E-state index contributed by atoms with van der Waals surface area (Å²) in [7, 11) is -4.64. The lowest BCUT2D eigenvalue weighted by Gasteiger charge is -2.58. The standard InChI is InChI=1S/C28H47O4P/c1-18(2)7-6-8-19(3)23-11-12-24-22-10-9-21-17-20(26(29)33(30,31)32)13-15-27(21,4)25(22)14-16-28(23,24)5/h9,18-20,22-25H,6-8,10-17H2,1-5H3,(H2,30,31,32)/t19-,20+,22?,23-,24?,25?,27+,28-/m1/s1. The fraction of sp³-hybridized carbons (Fsp3) is 0.893. The molecule has 4 rings (SSSR count). The Morgan fingerprint density at radius 3 is 2.45 bits per heavy atom. The number of rotatable bonds is 7. The van der Waals surface area contributed by atoms with Gasteiger partial charge in [-0.2, -0.15) is 0 Å². The van der Waals surface area contributed by atoms with Crippen molar-refractivity contribution in [3.8, 4) is 0 Å². The second-order valence-corrected chi connectivity index (χ2v) is 14.6. The number of carbonyl (C=O) groups excluding carboxylic acids is 1. The van der Waals surface area contributed by atoms with Crippen LogP contribution in [0.25, 0.3) is 0 Å². The summed E-state index contributed by atoms with van der Waals surface area (Å²) in [4.78, 5) is 31.1. The molecular weight excluding hydrogens is 431 g/mol. The molecule has 3 fully saturated rings. The van der Waals surface area contributed by atoms with E-state index in [0.29, 0.717) is 24.2 Å². The first kappa shape index (κ1) is 25.6. The number of allylic oxidation sites excluding steroid dienone is 2. The van der Waals surface area contributed by atoms with Gasteiger partial charge in [-0.3, -0.25) is 9.36 Å². The van der Waals surface area contributed by atoms with Gasteiger partial charge in [-0.15, -0.1) is 0 Å². The van der Waals surface area contributed by atoms with Crippen LogP contribution in [0.1, 0.15) is 105 Å². The molecule has 0 aromatic rings. The van der Waals surface area contributed by atoms with Crippen LogP contribution in [-0.4, -0.2) is 15.3 Å². The summed E-state index contributed by atoms with van der Waals surface area (Å²) in [5.74, 6) is 4.17. The van der Waals surface area contributed by atoms with Crippen LogP contribution in [0.4, 0.5) is 0 Å². The number of hydrogen-bond donors (Lipinski definition) is 2. The fourth-order valence-corrected chi connectivity index (χ4v) is 9.83. The molecule has 2 N–H and O–H groups in total. The highest BCUT2D eigenvalue weighted by Crippen LogP contribution is 2.68. The molecule has 3 unspecified atom stereocenters. The van der Waals surface area contributed by atoms with Crippen molar-refractivity contribution >= 4 is 13.1 Å². The van der Waals surface area contributed by atoms with E-state index < -0.39 is 19.0 Å². The van der Waals surface area contributed by atoms with Crippen molar-refractivity contribution in [2.45, 2.75) is 105 Å². The van der Waals surface area contributed by atoms with E-state index in [1.165, 1.54) is 50.5 Å². The Bertz CT molecular complexity index is 828.